The van der Waals surface area contributed by atoms with Crippen LogP contribution in [0.4, 0.5) is 13.2 Å². The molecule has 0 radical (unpaired) electrons. The Morgan fingerprint density at radius 1 is 1.29 bits per heavy atom. The van der Waals surface area contributed by atoms with E-state index in [0.29, 0.717) is 6.07 Å². The smallest absolute Gasteiger partial charge is 0.384 e. The van der Waals surface area contributed by atoms with Crippen molar-refractivity contribution in [2.24, 2.45) is 0 Å². The maximum atomic E-state index is 12.4. The normalized spacial score (nSPS) is 15.1. The topological polar surface area (TPSA) is 64.2 Å². The molecule has 0 amide bonds. The Labute approximate surface area is 99.7 Å². The van der Waals surface area contributed by atoms with Crippen molar-refractivity contribution in [3.63, 3.8) is 0 Å². The van der Waals surface area contributed by atoms with Crippen molar-refractivity contribution in [3.8, 4) is 6.07 Å². The molecule has 92 valence electrons. The quantitative estimate of drug-likeness (QED) is 0.806. The molecule has 0 aliphatic heterocycles. The number of nitrogens with zero attached hydrogens (tertiary/aromatic N) is 1. The number of hydrogen-bond acceptors (Lipinski definition) is 3. The van der Waals surface area contributed by atoms with Crippen molar-refractivity contribution in [2.75, 3.05) is 0 Å². The summed E-state index contributed by atoms with van der Waals surface area (Å²) < 4.78 is 37.2. The fraction of sp³-hybridized carbons (Fsp3) is 0.300. The fourth-order valence-electron chi connectivity index (χ4n) is 1.19. The molecule has 0 bridgehead atoms. The summed E-state index contributed by atoms with van der Waals surface area (Å²) in [5.74, 6) is 0. The van der Waals surface area contributed by atoms with Crippen molar-refractivity contribution in [1.29, 1.82) is 5.26 Å². The molecular formula is C10H7ClF3NO2. The van der Waals surface area contributed by atoms with Crippen LogP contribution < -0.4 is 0 Å². The van der Waals surface area contributed by atoms with Gasteiger partial charge in [-0.2, -0.15) is 18.4 Å². The van der Waals surface area contributed by atoms with Crippen LogP contribution in [-0.4, -0.2) is 16.3 Å². The summed E-state index contributed by atoms with van der Waals surface area (Å²) in [6.45, 7) is 0. The van der Waals surface area contributed by atoms with Crippen LogP contribution in [-0.2, 0) is 6.18 Å². The summed E-state index contributed by atoms with van der Waals surface area (Å²) in [4.78, 5) is 0. The van der Waals surface area contributed by atoms with Crippen LogP contribution >= 0.6 is 11.6 Å². The Hall–Kier alpha value is -1.29. The zero-order chi connectivity index (χ0) is 13.2. The molecular weight excluding hydrogens is 259 g/mol. The summed E-state index contributed by atoms with van der Waals surface area (Å²) in [6.07, 6.45) is -8.21. The lowest BCUT2D eigenvalue weighted by molar-refractivity contribution is -0.137. The van der Waals surface area contributed by atoms with Crippen molar-refractivity contribution in [3.05, 3.63) is 34.3 Å². The van der Waals surface area contributed by atoms with Gasteiger partial charge in [-0.25, -0.2) is 0 Å². The van der Waals surface area contributed by atoms with Crippen LogP contribution in [0, 0.1) is 11.3 Å². The molecule has 0 heterocycles. The maximum absolute atomic E-state index is 12.4. The first kappa shape index (κ1) is 13.8. The minimum Gasteiger partial charge on any atom is -0.384 e. The number of halogens is 4. The van der Waals surface area contributed by atoms with E-state index in [1.54, 1.807) is 0 Å². The van der Waals surface area contributed by atoms with E-state index in [9.17, 15) is 18.3 Å². The summed E-state index contributed by atoms with van der Waals surface area (Å²) in [7, 11) is 0. The van der Waals surface area contributed by atoms with E-state index in [1.165, 1.54) is 6.07 Å². The van der Waals surface area contributed by atoms with Gasteiger partial charge in [-0.3, -0.25) is 0 Å². The van der Waals surface area contributed by atoms with Crippen molar-refractivity contribution >= 4 is 11.6 Å². The molecule has 7 heteroatoms. The Bertz CT molecular complexity index is 456. The second-order valence-corrected chi connectivity index (χ2v) is 3.66. The van der Waals surface area contributed by atoms with E-state index in [-0.39, 0.29) is 10.6 Å². The van der Waals surface area contributed by atoms with Gasteiger partial charge in [0, 0.05) is 10.6 Å². The molecule has 2 N–H and O–H groups in total. The molecule has 0 aromatic heterocycles. The summed E-state index contributed by atoms with van der Waals surface area (Å²) in [6, 6.07) is 3.62. The molecule has 17 heavy (non-hydrogen) atoms. The molecule has 1 aromatic rings. The zero-order valence-corrected chi connectivity index (χ0v) is 9.00. The molecule has 0 aliphatic carbocycles. The first-order valence-electron chi connectivity index (χ1n) is 4.39. The minimum absolute atomic E-state index is 0.153. The first-order valence-corrected chi connectivity index (χ1v) is 4.77. The highest BCUT2D eigenvalue weighted by Gasteiger charge is 2.32. The molecule has 2 atom stereocenters. The van der Waals surface area contributed by atoms with E-state index in [2.05, 4.69) is 0 Å². The van der Waals surface area contributed by atoms with E-state index in [1.807, 2.05) is 0 Å². The lowest BCUT2D eigenvalue weighted by Crippen LogP contribution is -2.17. The van der Waals surface area contributed by atoms with E-state index < -0.39 is 23.9 Å². The van der Waals surface area contributed by atoms with Gasteiger partial charge in [0.2, 0.25) is 0 Å². The lowest BCUT2D eigenvalue weighted by atomic mass is 10.0. The van der Waals surface area contributed by atoms with Gasteiger partial charge >= 0.3 is 6.18 Å². The number of benzene rings is 1. The molecule has 0 saturated heterocycles. The van der Waals surface area contributed by atoms with Gasteiger partial charge in [-0.15, -0.1) is 0 Å². The molecule has 2 unspecified atom stereocenters. The van der Waals surface area contributed by atoms with Gasteiger partial charge in [0.05, 0.1) is 11.6 Å². The molecule has 0 spiro atoms. The highest BCUT2D eigenvalue weighted by atomic mass is 35.5. The van der Waals surface area contributed by atoms with E-state index in [0.717, 1.165) is 12.1 Å². The van der Waals surface area contributed by atoms with Crippen LogP contribution in [0.15, 0.2) is 18.2 Å². The third-order valence-electron chi connectivity index (χ3n) is 2.07. The van der Waals surface area contributed by atoms with Crippen LogP contribution in [0.1, 0.15) is 17.2 Å². The zero-order valence-electron chi connectivity index (χ0n) is 8.24. The number of hydrogen-bond donors (Lipinski definition) is 2. The Kier molecular flexibility index (Phi) is 3.98. The lowest BCUT2D eigenvalue weighted by Gasteiger charge is -2.16. The molecule has 1 rings (SSSR count). The fourth-order valence-corrected chi connectivity index (χ4v) is 1.42. The molecule has 0 saturated carbocycles. The van der Waals surface area contributed by atoms with Crippen molar-refractivity contribution in [2.45, 2.75) is 18.4 Å². The van der Waals surface area contributed by atoms with Crippen LogP contribution in [0.2, 0.25) is 5.02 Å². The average Bonchev–Trinajstić information content (AvgIpc) is 2.26. The molecule has 0 aliphatic rings. The predicted octanol–water partition coefficient (Wildman–Crippen LogP) is 2.28. The Balaban J connectivity index is 3.21. The number of aliphatic hydroxyl groups is 2. The highest BCUT2D eigenvalue weighted by molar-refractivity contribution is 6.31. The molecule has 0 fully saturated rings. The second-order valence-electron chi connectivity index (χ2n) is 3.25. The Morgan fingerprint density at radius 3 is 2.35 bits per heavy atom. The standard InChI is InChI=1S/C10H7ClF3NO2/c11-7-2-1-5(10(12,13)14)3-6(7)9(17)8(16)4-15/h1-3,8-9,16-17H. The van der Waals surface area contributed by atoms with Crippen LogP contribution in [0.25, 0.3) is 0 Å². The number of nitriles is 1. The summed E-state index contributed by atoms with van der Waals surface area (Å²) in [5.41, 5.74) is -1.35. The largest absolute Gasteiger partial charge is 0.416 e. The predicted molar refractivity (Wildman–Crippen MR) is 53.0 cm³/mol. The number of rotatable bonds is 2. The van der Waals surface area contributed by atoms with Gasteiger partial charge in [0.15, 0.2) is 6.10 Å². The van der Waals surface area contributed by atoms with E-state index in [4.69, 9.17) is 22.0 Å². The monoisotopic (exact) mass is 265 g/mol. The SMILES string of the molecule is N#CC(O)C(O)c1cc(C(F)(F)F)ccc1Cl. The third kappa shape index (κ3) is 3.09. The number of aliphatic hydroxyl groups excluding tert-OH is 2. The van der Waals surface area contributed by atoms with Gasteiger partial charge in [0.25, 0.3) is 0 Å². The van der Waals surface area contributed by atoms with Crippen LogP contribution in [0.5, 0.6) is 0 Å². The number of alkyl halides is 3. The van der Waals surface area contributed by atoms with Crippen molar-refractivity contribution < 1.29 is 23.4 Å². The minimum atomic E-state index is -4.59. The first-order chi connectivity index (χ1) is 7.77. The Morgan fingerprint density at radius 2 is 1.88 bits per heavy atom. The van der Waals surface area contributed by atoms with Crippen molar-refractivity contribution in [1.82, 2.24) is 0 Å². The summed E-state index contributed by atoms with van der Waals surface area (Å²) >= 11 is 5.59. The van der Waals surface area contributed by atoms with Gasteiger partial charge in [-0.1, -0.05) is 11.6 Å². The average molecular weight is 266 g/mol. The summed E-state index contributed by atoms with van der Waals surface area (Å²) in [5, 5.41) is 26.7. The third-order valence-corrected chi connectivity index (χ3v) is 2.42. The maximum Gasteiger partial charge on any atom is 0.416 e. The van der Waals surface area contributed by atoms with Gasteiger partial charge in [0.1, 0.15) is 6.10 Å². The molecule has 1 aromatic carbocycles. The highest BCUT2D eigenvalue weighted by Crippen LogP contribution is 2.34. The van der Waals surface area contributed by atoms with Gasteiger partial charge < -0.3 is 10.2 Å². The second kappa shape index (κ2) is 4.92. The van der Waals surface area contributed by atoms with Crippen LogP contribution in [0.3, 0.4) is 0 Å². The van der Waals surface area contributed by atoms with Gasteiger partial charge in [-0.05, 0) is 18.2 Å². The van der Waals surface area contributed by atoms with E-state index >= 15 is 0 Å². The molecule has 3 nitrogen and oxygen atoms in total.